The Kier molecular flexibility index (Phi) is 8.00. The molecule has 0 radical (unpaired) electrons. The molecule has 6 nitrogen and oxygen atoms in total. The van der Waals surface area contributed by atoms with Crippen molar-refractivity contribution in [3.8, 4) is 5.88 Å². The van der Waals surface area contributed by atoms with Crippen molar-refractivity contribution in [2.45, 2.75) is 26.2 Å². The second-order valence-corrected chi connectivity index (χ2v) is 5.53. The van der Waals surface area contributed by atoms with Crippen LogP contribution in [-0.2, 0) is 4.74 Å². The molecule has 1 aromatic rings. The van der Waals surface area contributed by atoms with Crippen LogP contribution in [0.1, 0.15) is 32.0 Å². The predicted octanol–water partition coefficient (Wildman–Crippen LogP) is 1.99. The lowest BCUT2D eigenvalue weighted by Crippen LogP contribution is -2.17. The highest BCUT2D eigenvalue weighted by Gasteiger charge is 2.09. The smallest absolute Gasteiger partial charge is 0.218 e. The second kappa shape index (κ2) is 9.52. The Hall–Kier alpha value is -1.40. The van der Waals surface area contributed by atoms with E-state index in [0.29, 0.717) is 19.1 Å². The molecule has 0 bridgehead atoms. The first-order chi connectivity index (χ1) is 10.0. The van der Waals surface area contributed by atoms with Crippen molar-refractivity contribution in [1.29, 1.82) is 0 Å². The van der Waals surface area contributed by atoms with Gasteiger partial charge in [-0.25, -0.2) is 4.98 Å². The molecule has 1 rings (SSSR count). The normalized spacial score (nSPS) is 11.2. The zero-order chi connectivity index (χ0) is 15.7. The highest BCUT2D eigenvalue weighted by Crippen LogP contribution is 2.18. The first-order valence-electron chi connectivity index (χ1n) is 7.42. The Balaban J connectivity index is 2.63. The maximum atomic E-state index is 5.60. The van der Waals surface area contributed by atoms with Gasteiger partial charge in [0.2, 0.25) is 5.88 Å². The zero-order valence-electron chi connectivity index (χ0n) is 13.8. The molecule has 0 aliphatic heterocycles. The van der Waals surface area contributed by atoms with E-state index < -0.39 is 0 Å². The molecule has 0 amide bonds. The van der Waals surface area contributed by atoms with Gasteiger partial charge in [-0.3, -0.25) is 0 Å². The maximum absolute atomic E-state index is 5.60. The largest absolute Gasteiger partial charge is 0.475 e. The molecule has 0 aromatic carbocycles. The minimum atomic E-state index is 0.262. The van der Waals surface area contributed by atoms with Crippen molar-refractivity contribution in [1.82, 2.24) is 14.9 Å². The Morgan fingerprint density at radius 2 is 2.00 bits per heavy atom. The van der Waals surface area contributed by atoms with Crippen LogP contribution in [0.25, 0.3) is 0 Å². The molecule has 0 aliphatic carbocycles. The van der Waals surface area contributed by atoms with Gasteiger partial charge in [0, 0.05) is 25.6 Å². The fourth-order valence-corrected chi connectivity index (χ4v) is 1.71. The van der Waals surface area contributed by atoms with Crippen molar-refractivity contribution in [2.75, 3.05) is 52.8 Å². The van der Waals surface area contributed by atoms with Crippen molar-refractivity contribution in [3.63, 3.8) is 0 Å². The fraction of sp³-hybridized carbons (Fsp3) is 0.733. The highest BCUT2D eigenvalue weighted by molar-refractivity contribution is 5.38. The van der Waals surface area contributed by atoms with E-state index >= 15 is 0 Å². The van der Waals surface area contributed by atoms with E-state index in [1.165, 1.54) is 0 Å². The summed E-state index contributed by atoms with van der Waals surface area (Å²) in [4.78, 5) is 11.1. The van der Waals surface area contributed by atoms with Crippen molar-refractivity contribution >= 4 is 5.82 Å². The van der Waals surface area contributed by atoms with Crippen LogP contribution in [0, 0.1) is 0 Å². The third kappa shape index (κ3) is 7.24. The molecule has 0 saturated carbocycles. The molecule has 120 valence electrons. The lowest BCUT2D eigenvalue weighted by molar-refractivity contribution is 0.143. The molecule has 21 heavy (non-hydrogen) atoms. The predicted molar refractivity (Wildman–Crippen MR) is 85.2 cm³/mol. The molecule has 0 saturated heterocycles. The van der Waals surface area contributed by atoms with Crippen LogP contribution in [0.4, 0.5) is 5.82 Å². The number of ether oxygens (including phenoxy) is 2. The first kappa shape index (κ1) is 17.7. The number of aromatic nitrogens is 2. The van der Waals surface area contributed by atoms with Gasteiger partial charge in [-0.1, -0.05) is 13.8 Å². The van der Waals surface area contributed by atoms with E-state index in [0.717, 1.165) is 31.2 Å². The van der Waals surface area contributed by atoms with Gasteiger partial charge in [0.25, 0.3) is 0 Å². The second-order valence-electron chi connectivity index (χ2n) is 5.53. The summed E-state index contributed by atoms with van der Waals surface area (Å²) in [5, 5.41) is 3.34. The summed E-state index contributed by atoms with van der Waals surface area (Å²) < 4.78 is 10.6. The molecule has 0 spiro atoms. The molecule has 1 aromatic heterocycles. The van der Waals surface area contributed by atoms with E-state index in [1.54, 1.807) is 7.11 Å². The standard InChI is InChI=1S/C15H28N4O2/c1-12(2)15-17-13(16-7-6-8-19(3)4)11-14(18-15)21-10-9-20-5/h11-12H,6-10H2,1-5H3,(H,16,17,18). The van der Waals surface area contributed by atoms with E-state index in [9.17, 15) is 0 Å². The van der Waals surface area contributed by atoms with Gasteiger partial charge in [0.1, 0.15) is 18.2 Å². The molecule has 0 unspecified atom stereocenters. The van der Waals surface area contributed by atoms with Gasteiger partial charge < -0.3 is 19.7 Å². The van der Waals surface area contributed by atoms with Gasteiger partial charge in [-0.2, -0.15) is 4.98 Å². The van der Waals surface area contributed by atoms with Crippen LogP contribution in [0.3, 0.4) is 0 Å². The summed E-state index contributed by atoms with van der Waals surface area (Å²) in [7, 11) is 5.80. The lowest BCUT2D eigenvalue weighted by atomic mass is 10.2. The monoisotopic (exact) mass is 296 g/mol. The van der Waals surface area contributed by atoms with E-state index in [1.807, 2.05) is 6.07 Å². The highest BCUT2D eigenvalue weighted by atomic mass is 16.5. The third-order valence-corrected chi connectivity index (χ3v) is 2.86. The molecule has 6 heteroatoms. The van der Waals surface area contributed by atoms with Crippen LogP contribution in [0.2, 0.25) is 0 Å². The van der Waals surface area contributed by atoms with Crippen LogP contribution >= 0.6 is 0 Å². The number of hydrogen-bond acceptors (Lipinski definition) is 6. The summed E-state index contributed by atoms with van der Waals surface area (Å²) in [6.07, 6.45) is 1.06. The van der Waals surface area contributed by atoms with Crippen molar-refractivity contribution in [2.24, 2.45) is 0 Å². The Labute approximate surface area is 127 Å². The lowest BCUT2D eigenvalue weighted by Gasteiger charge is -2.13. The first-order valence-corrected chi connectivity index (χ1v) is 7.42. The zero-order valence-corrected chi connectivity index (χ0v) is 13.8. The van der Waals surface area contributed by atoms with Gasteiger partial charge in [-0.15, -0.1) is 0 Å². The van der Waals surface area contributed by atoms with E-state index in [-0.39, 0.29) is 5.92 Å². The Morgan fingerprint density at radius 1 is 1.24 bits per heavy atom. The van der Waals surface area contributed by atoms with Gasteiger partial charge in [0.05, 0.1) is 6.61 Å². The number of nitrogens with zero attached hydrogens (tertiary/aromatic N) is 3. The summed E-state index contributed by atoms with van der Waals surface area (Å²) >= 11 is 0. The summed E-state index contributed by atoms with van der Waals surface area (Å²) in [6, 6.07) is 1.84. The fourth-order valence-electron chi connectivity index (χ4n) is 1.71. The number of nitrogens with one attached hydrogen (secondary N) is 1. The number of hydrogen-bond donors (Lipinski definition) is 1. The van der Waals surface area contributed by atoms with E-state index in [4.69, 9.17) is 9.47 Å². The molecule has 0 fully saturated rings. The topological polar surface area (TPSA) is 59.5 Å². The summed E-state index contributed by atoms with van der Waals surface area (Å²) in [6.45, 7) is 7.11. The minimum absolute atomic E-state index is 0.262. The number of rotatable bonds is 10. The quantitative estimate of drug-likeness (QED) is 0.666. The Morgan fingerprint density at radius 3 is 2.62 bits per heavy atom. The average molecular weight is 296 g/mol. The molecule has 0 aliphatic rings. The molecular formula is C15H28N4O2. The van der Waals surface area contributed by atoms with Gasteiger partial charge in [-0.05, 0) is 27.1 Å². The van der Waals surface area contributed by atoms with Crippen LogP contribution in [0.15, 0.2) is 6.07 Å². The third-order valence-electron chi connectivity index (χ3n) is 2.86. The van der Waals surface area contributed by atoms with E-state index in [2.05, 4.69) is 48.1 Å². The maximum Gasteiger partial charge on any atom is 0.218 e. The van der Waals surface area contributed by atoms with Crippen LogP contribution in [-0.4, -0.2) is 62.4 Å². The van der Waals surface area contributed by atoms with Crippen LogP contribution in [0.5, 0.6) is 5.88 Å². The van der Waals surface area contributed by atoms with Crippen molar-refractivity contribution in [3.05, 3.63) is 11.9 Å². The minimum Gasteiger partial charge on any atom is -0.475 e. The number of anilines is 1. The van der Waals surface area contributed by atoms with Gasteiger partial charge >= 0.3 is 0 Å². The molecule has 0 atom stereocenters. The average Bonchev–Trinajstić information content (AvgIpc) is 2.43. The molecular weight excluding hydrogens is 268 g/mol. The molecule has 1 heterocycles. The Bertz CT molecular complexity index is 411. The van der Waals surface area contributed by atoms with Crippen LogP contribution < -0.4 is 10.1 Å². The summed E-state index contributed by atoms with van der Waals surface area (Å²) in [5.74, 6) is 2.47. The molecule has 1 N–H and O–H groups in total. The SMILES string of the molecule is COCCOc1cc(NCCCN(C)C)nc(C(C)C)n1. The number of methoxy groups -OCH3 is 1. The van der Waals surface area contributed by atoms with Crippen molar-refractivity contribution < 1.29 is 9.47 Å². The summed E-state index contributed by atoms with van der Waals surface area (Å²) in [5.41, 5.74) is 0. The van der Waals surface area contributed by atoms with Gasteiger partial charge in [0.15, 0.2) is 0 Å².